The predicted molar refractivity (Wildman–Crippen MR) is 77.2 cm³/mol. The van der Waals surface area contributed by atoms with Crippen LogP contribution in [0.5, 0.6) is 0 Å². The second-order valence-corrected chi connectivity index (χ2v) is 5.63. The molecule has 1 unspecified atom stereocenters. The molecule has 1 fully saturated rings. The largest absolute Gasteiger partial charge is 0.364 e. The third kappa shape index (κ3) is 2.02. The lowest BCUT2D eigenvalue weighted by Gasteiger charge is -2.40. The van der Waals surface area contributed by atoms with Gasteiger partial charge in [-0.15, -0.1) is 0 Å². The predicted octanol–water partition coefficient (Wildman–Crippen LogP) is 2.28. The first-order valence-corrected chi connectivity index (χ1v) is 6.79. The summed E-state index contributed by atoms with van der Waals surface area (Å²) in [7, 11) is 2.18. The van der Waals surface area contributed by atoms with Gasteiger partial charge in [0.2, 0.25) is 0 Å². The highest BCUT2D eigenvalue weighted by Crippen LogP contribution is 2.30. The van der Waals surface area contributed by atoms with Crippen molar-refractivity contribution in [3.05, 3.63) is 28.8 Å². The molecule has 2 aliphatic rings. The molecular formula is C14H18ClN3. The van der Waals surface area contributed by atoms with Gasteiger partial charge in [0, 0.05) is 41.6 Å². The number of nitrogens with zero attached hydrogens (tertiary/aromatic N) is 3. The van der Waals surface area contributed by atoms with Crippen LogP contribution in [0.25, 0.3) is 0 Å². The summed E-state index contributed by atoms with van der Waals surface area (Å²) in [5.74, 6) is 0. The molecule has 3 nitrogen and oxygen atoms in total. The smallest absolute Gasteiger partial charge is 0.0613 e. The summed E-state index contributed by atoms with van der Waals surface area (Å²) in [6, 6.07) is 6.65. The molecule has 0 aliphatic carbocycles. The van der Waals surface area contributed by atoms with Crippen LogP contribution >= 0.6 is 11.6 Å². The van der Waals surface area contributed by atoms with E-state index in [0.717, 1.165) is 36.9 Å². The highest BCUT2D eigenvalue weighted by atomic mass is 35.5. The minimum atomic E-state index is 0.487. The molecule has 1 saturated heterocycles. The fraction of sp³-hybridized carbons (Fsp3) is 0.500. The van der Waals surface area contributed by atoms with Crippen molar-refractivity contribution < 1.29 is 0 Å². The number of benzene rings is 1. The zero-order chi connectivity index (χ0) is 12.7. The first-order valence-electron chi connectivity index (χ1n) is 6.41. The second-order valence-electron chi connectivity index (χ2n) is 5.20. The first-order chi connectivity index (χ1) is 8.65. The summed E-state index contributed by atoms with van der Waals surface area (Å²) in [6.45, 7) is 6.22. The standard InChI is InChI=1S/C14H18ClN3/c1-10-13-7-11(15)3-4-14(13)18-6-5-17(2)9-12(18)8-16-10/h3-4,7,12H,5-6,8-9H2,1-2H3. The van der Waals surface area contributed by atoms with Crippen molar-refractivity contribution in [3.8, 4) is 0 Å². The van der Waals surface area contributed by atoms with E-state index < -0.39 is 0 Å². The lowest BCUT2D eigenvalue weighted by Crippen LogP contribution is -2.53. The van der Waals surface area contributed by atoms with Crippen molar-refractivity contribution in [1.82, 2.24) is 4.90 Å². The summed E-state index contributed by atoms with van der Waals surface area (Å²) >= 11 is 6.11. The Labute approximate surface area is 113 Å². The zero-order valence-corrected chi connectivity index (χ0v) is 11.6. The van der Waals surface area contributed by atoms with E-state index in [0.29, 0.717) is 6.04 Å². The van der Waals surface area contributed by atoms with E-state index in [1.54, 1.807) is 0 Å². The Balaban J connectivity index is 2.06. The van der Waals surface area contributed by atoms with Gasteiger partial charge in [-0.1, -0.05) is 11.6 Å². The minimum Gasteiger partial charge on any atom is -0.364 e. The summed E-state index contributed by atoms with van der Waals surface area (Å²) in [6.07, 6.45) is 0. The van der Waals surface area contributed by atoms with Crippen LogP contribution in [-0.4, -0.2) is 49.9 Å². The van der Waals surface area contributed by atoms with Crippen LogP contribution in [0, 0.1) is 0 Å². The number of anilines is 1. The highest BCUT2D eigenvalue weighted by molar-refractivity contribution is 6.31. The van der Waals surface area contributed by atoms with E-state index in [-0.39, 0.29) is 0 Å². The van der Waals surface area contributed by atoms with E-state index >= 15 is 0 Å². The van der Waals surface area contributed by atoms with Gasteiger partial charge in [0.15, 0.2) is 0 Å². The van der Waals surface area contributed by atoms with Crippen molar-refractivity contribution in [3.63, 3.8) is 0 Å². The van der Waals surface area contributed by atoms with Crippen molar-refractivity contribution in [2.24, 2.45) is 4.99 Å². The average Bonchev–Trinajstić information content (AvgIpc) is 2.48. The number of halogens is 1. The molecule has 0 aromatic heterocycles. The minimum absolute atomic E-state index is 0.487. The van der Waals surface area contributed by atoms with Crippen LogP contribution in [-0.2, 0) is 0 Å². The number of aliphatic imine (C=N–C) groups is 1. The van der Waals surface area contributed by atoms with E-state index in [9.17, 15) is 0 Å². The summed E-state index contributed by atoms with van der Waals surface area (Å²) < 4.78 is 0. The van der Waals surface area contributed by atoms with Crippen molar-refractivity contribution >= 4 is 23.0 Å². The monoisotopic (exact) mass is 263 g/mol. The number of likely N-dealkylation sites (N-methyl/N-ethyl adjacent to an activating group) is 1. The highest BCUT2D eigenvalue weighted by Gasteiger charge is 2.29. The maximum absolute atomic E-state index is 6.11. The fourth-order valence-electron chi connectivity index (χ4n) is 2.86. The third-order valence-electron chi connectivity index (χ3n) is 3.88. The van der Waals surface area contributed by atoms with Gasteiger partial charge in [-0.3, -0.25) is 4.99 Å². The van der Waals surface area contributed by atoms with Crippen LogP contribution in [0.2, 0.25) is 5.02 Å². The Morgan fingerprint density at radius 3 is 3.00 bits per heavy atom. The fourth-order valence-corrected chi connectivity index (χ4v) is 3.03. The second kappa shape index (κ2) is 4.56. The molecular weight excluding hydrogens is 246 g/mol. The number of hydrogen-bond acceptors (Lipinski definition) is 3. The Kier molecular flexibility index (Phi) is 3.04. The molecule has 0 radical (unpaired) electrons. The molecule has 1 aromatic rings. The van der Waals surface area contributed by atoms with Gasteiger partial charge in [-0.05, 0) is 32.2 Å². The Hall–Kier alpha value is -1.06. The number of piperazine rings is 1. The molecule has 96 valence electrons. The van der Waals surface area contributed by atoms with Gasteiger partial charge in [0.1, 0.15) is 0 Å². The summed E-state index contributed by atoms with van der Waals surface area (Å²) in [5, 5.41) is 0.788. The zero-order valence-electron chi connectivity index (χ0n) is 10.9. The molecule has 4 heteroatoms. The summed E-state index contributed by atoms with van der Waals surface area (Å²) in [5.41, 5.74) is 3.58. The van der Waals surface area contributed by atoms with Gasteiger partial charge in [0.05, 0.1) is 12.6 Å². The SMILES string of the molecule is CC1=NCC2CN(C)CCN2c2ccc(Cl)cc21. The molecule has 2 heterocycles. The lowest BCUT2D eigenvalue weighted by atomic mass is 10.1. The van der Waals surface area contributed by atoms with Crippen LogP contribution in [0.4, 0.5) is 5.69 Å². The van der Waals surface area contributed by atoms with Crippen molar-refractivity contribution in [2.45, 2.75) is 13.0 Å². The normalized spacial score (nSPS) is 24.1. The number of fused-ring (bicyclic) bond motifs is 3. The quantitative estimate of drug-likeness (QED) is 0.715. The van der Waals surface area contributed by atoms with Gasteiger partial charge in [-0.25, -0.2) is 0 Å². The number of hydrogen-bond donors (Lipinski definition) is 0. The van der Waals surface area contributed by atoms with Crippen LogP contribution in [0.1, 0.15) is 12.5 Å². The van der Waals surface area contributed by atoms with E-state index in [4.69, 9.17) is 16.6 Å². The molecule has 0 bridgehead atoms. The molecule has 1 aromatic carbocycles. The molecule has 2 aliphatic heterocycles. The van der Waals surface area contributed by atoms with Crippen molar-refractivity contribution in [2.75, 3.05) is 38.1 Å². The molecule has 0 saturated carbocycles. The molecule has 3 rings (SSSR count). The first kappa shape index (κ1) is 12.0. The third-order valence-corrected chi connectivity index (χ3v) is 4.12. The van der Waals surface area contributed by atoms with Crippen LogP contribution in [0.3, 0.4) is 0 Å². The van der Waals surface area contributed by atoms with Crippen LogP contribution in [0.15, 0.2) is 23.2 Å². The number of rotatable bonds is 0. The Morgan fingerprint density at radius 1 is 1.33 bits per heavy atom. The van der Waals surface area contributed by atoms with E-state index in [1.807, 2.05) is 12.1 Å². The van der Waals surface area contributed by atoms with Gasteiger partial charge < -0.3 is 9.80 Å². The van der Waals surface area contributed by atoms with E-state index in [2.05, 4.69) is 29.8 Å². The lowest BCUT2D eigenvalue weighted by molar-refractivity contribution is 0.270. The summed E-state index contributed by atoms with van der Waals surface area (Å²) in [4.78, 5) is 9.59. The molecule has 0 N–H and O–H groups in total. The Morgan fingerprint density at radius 2 is 2.17 bits per heavy atom. The van der Waals surface area contributed by atoms with E-state index in [1.165, 1.54) is 11.3 Å². The van der Waals surface area contributed by atoms with Crippen molar-refractivity contribution in [1.29, 1.82) is 0 Å². The van der Waals surface area contributed by atoms with Crippen LogP contribution < -0.4 is 4.90 Å². The molecule has 18 heavy (non-hydrogen) atoms. The molecule has 1 atom stereocenters. The Bertz CT molecular complexity index is 498. The maximum Gasteiger partial charge on any atom is 0.0613 e. The molecule has 0 spiro atoms. The molecule has 0 amide bonds. The maximum atomic E-state index is 6.11. The van der Waals surface area contributed by atoms with Gasteiger partial charge in [-0.2, -0.15) is 0 Å². The topological polar surface area (TPSA) is 18.8 Å². The van der Waals surface area contributed by atoms with Gasteiger partial charge in [0.25, 0.3) is 0 Å². The van der Waals surface area contributed by atoms with Gasteiger partial charge >= 0.3 is 0 Å². The average molecular weight is 264 g/mol.